The van der Waals surface area contributed by atoms with Gasteiger partial charge in [0.25, 0.3) is 0 Å². The first kappa shape index (κ1) is 27.9. The van der Waals surface area contributed by atoms with Gasteiger partial charge in [-0.2, -0.15) is 0 Å². The molecule has 0 radical (unpaired) electrons. The molecule has 8 heteroatoms. The maximum atomic E-state index is 12.6. The molecule has 0 aliphatic heterocycles. The summed E-state index contributed by atoms with van der Waals surface area (Å²) < 4.78 is 6.32. The molecule has 2 heterocycles. The van der Waals surface area contributed by atoms with Gasteiger partial charge in [0, 0.05) is 39.9 Å². The molecule has 3 N–H and O–H groups in total. The van der Waals surface area contributed by atoms with Gasteiger partial charge in [-0.3, -0.25) is 4.98 Å². The maximum absolute atomic E-state index is 12.6. The summed E-state index contributed by atoms with van der Waals surface area (Å²) in [4.78, 5) is 16.7. The highest BCUT2D eigenvalue weighted by molar-refractivity contribution is 6.30. The Morgan fingerprint density at radius 3 is 2.31 bits per heavy atom. The fraction of sp³-hybridized carbons (Fsp3) is 0.0968. The standard InChI is InChI=1S/C31H27ClN4O2.ClH/c32-25-9-11-26(12-10-25)35-31(37)36-27-8-4-7-24(19-27)29-20-28(38-30(29)23-14-17-33-18-15-23)21-34-16-13-22-5-2-1-3-6-22;/h1-12,14-15,17-20,34H,13,16,21H2,(H2,35,36,37);1H. The zero-order valence-corrected chi connectivity index (χ0v) is 22.6. The van der Waals surface area contributed by atoms with E-state index in [2.05, 4.69) is 51.3 Å². The van der Waals surface area contributed by atoms with E-state index in [9.17, 15) is 4.79 Å². The summed E-state index contributed by atoms with van der Waals surface area (Å²) >= 11 is 5.93. The Kier molecular flexibility index (Phi) is 9.75. The normalized spacial score (nSPS) is 10.5. The predicted octanol–water partition coefficient (Wildman–Crippen LogP) is 8.06. The van der Waals surface area contributed by atoms with Gasteiger partial charge >= 0.3 is 6.03 Å². The fourth-order valence-electron chi connectivity index (χ4n) is 4.14. The lowest BCUT2D eigenvalue weighted by Gasteiger charge is -2.09. The number of pyridine rings is 1. The quantitative estimate of drug-likeness (QED) is 0.160. The van der Waals surface area contributed by atoms with Crippen molar-refractivity contribution in [1.29, 1.82) is 0 Å². The molecule has 2 amide bonds. The van der Waals surface area contributed by atoms with E-state index in [0.29, 0.717) is 22.9 Å². The highest BCUT2D eigenvalue weighted by Gasteiger charge is 2.16. The molecule has 0 atom stereocenters. The Bertz CT molecular complexity index is 1490. The molecule has 0 unspecified atom stereocenters. The van der Waals surface area contributed by atoms with Gasteiger partial charge in [-0.25, -0.2) is 4.79 Å². The van der Waals surface area contributed by atoms with Gasteiger partial charge in [0.05, 0.1) is 6.54 Å². The number of carbonyl (C=O) groups is 1. The molecule has 0 saturated heterocycles. The Balaban J connectivity index is 0.00000353. The number of urea groups is 1. The van der Waals surface area contributed by atoms with Gasteiger partial charge in [0.1, 0.15) is 11.5 Å². The predicted molar refractivity (Wildman–Crippen MR) is 161 cm³/mol. The number of carbonyl (C=O) groups excluding carboxylic acids is 1. The molecule has 2 aromatic heterocycles. The fourth-order valence-corrected chi connectivity index (χ4v) is 4.27. The van der Waals surface area contributed by atoms with Gasteiger partial charge in [0.15, 0.2) is 0 Å². The summed E-state index contributed by atoms with van der Waals surface area (Å²) in [7, 11) is 0. The van der Waals surface area contributed by atoms with Crippen molar-refractivity contribution in [2.24, 2.45) is 0 Å². The molecular formula is C31H28Cl2N4O2. The van der Waals surface area contributed by atoms with Gasteiger partial charge in [-0.05, 0) is 78.7 Å². The molecule has 39 heavy (non-hydrogen) atoms. The number of furan rings is 1. The van der Waals surface area contributed by atoms with Crippen LogP contribution in [-0.2, 0) is 13.0 Å². The zero-order chi connectivity index (χ0) is 26.2. The third kappa shape index (κ3) is 7.71. The summed E-state index contributed by atoms with van der Waals surface area (Å²) in [5.41, 5.74) is 5.42. The summed E-state index contributed by atoms with van der Waals surface area (Å²) in [6.07, 6.45) is 4.44. The lowest BCUT2D eigenvalue weighted by molar-refractivity contribution is 0.262. The summed E-state index contributed by atoms with van der Waals surface area (Å²) in [6, 6.07) is 30.6. The molecule has 0 saturated carbocycles. The first-order valence-electron chi connectivity index (χ1n) is 12.4. The molecule has 6 nitrogen and oxygen atoms in total. The van der Waals surface area contributed by atoms with E-state index in [1.807, 2.05) is 42.5 Å². The van der Waals surface area contributed by atoms with Crippen molar-refractivity contribution in [3.63, 3.8) is 0 Å². The molecule has 5 aromatic rings. The van der Waals surface area contributed by atoms with Crippen LogP contribution >= 0.6 is 24.0 Å². The number of rotatable bonds is 9. The Labute approximate surface area is 238 Å². The van der Waals surface area contributed by atoms with E-state index in [0.717, 1.165) is 41.2 Å². The zero-order valence-electron chi connectivity index (χ0n) is 21.1. The van der Waals surface area contributed by atoms with Crippen molar-refractivity contribution in [3.8, 4) is 22.5 Å². The van der Waals surface area contributed by atoms with Crippen molar-refractivity contribution in [2.75, 3.05) is 17.2 Å². The van der Waals surface area contributed by atoms with Gasteiger partial charge in [-0.1, -0.05) is 54.1 Å². The van der Waals surface area contributed by atoms with Gasteiger partial charge in [0.2, 0.25) is 0 Å². The smallest absolute Gasteiger partial charge is 0.323 e. The van der Waals surface area contributed by atoms with Crippen molar-refractivity contribution < 1.29 is 9.21 Å². The van der Waals surface area contributed by atoms with E-state index < -0.39 is 0 Å². The largest absolute Gasteiger partial charge is 0.459 e. The maximum Gasteiger partial charge on any atom is 0.323 e. The van der Waals surface area contributed by atoms with Crippen LogP contribution in [0.3, 0.4) is 0 Å². The number of aromatic nitrogens is 1. The molecule has 198 valence electrons. The van der Waals surface area contributed by atoms with E-state index in [1.165, 1.54) is 5.56 Å². The molecular weight excluding hydrogens is 531 g/mol. The van der Waals surface area contributed by atoms with Crippen LogP contribution in [0.25, 0.3) is 22.5 Å². The van der Waals surface area contributed by atoms with E-state index in [4.69, 9.17) is 16.0 Å². The molecule has 0 aliphatic rings. The van der Waals surface area contributed by atoms with Crippen molar-refractivity contribution >= 4 is 41.4 Å². The Morgan fingerprint density at radius 2 is 1.54 bits per heavy atom. The molecule has 5 rings (SSSR count). The lowest BCUT2D eigenvalue weighted by Crippen LogP contribution is -2.19. The third-order valence-corrected chi connectivity index (χ3v) is 6.24. The van der Waals surface area contributed by atoms with E-state index in [1.54, 1.807) is 36.7 Å². The number of halogens is 2. The Hall–Kier alpha value is -4.10. The number of amides is 2. The number of hydrogen-bond acceptors (Lipinski definition) is 4. The van der Waals surface area contributed by atoms with Crippen LogP contribution in [0.5, 0.6) is 0 Å². The highest BCUT2D eigenvalue weighted by atomic mass is 35.5. The average Bonchev–Trinajstić information content (AvgIpc) is 3.38. The SMILES string of the molecule is Cl.O=C(Nc1ccc(Cl)cc1)Nc1cccc(-c2cc(CNCCc3ccccc3)oc2-c2ccncc2)c1. The van der Waals surface area contributed by atoms with Crippen LogP contribution in [0.2, 0.25) is 5.02 Å². The third-order valence-electron chi connectivity index (χ3n) is 5.99. The molecule has 3 aromatic carbocycles. The van der Waals surface area contributed by atoms with Gasteiger partial charge < -0.3 is 20.4 Å². The second-order valence-electron chi connectivity index (χ2n) is 8.77. The van der Waals surface area contributed by atoms with Crippen LogP contribution in [0.4, 0.5) is 16.2 Å². The van der Waals surface area contributed by atoms with Crippen molar-refractivity contribution in [1.82, 2.24) is 10.3 Å². The molecule has 0 bridgehead atoms. The summed E-state index contributed by atoms with van der Waals surface area (Å²) in [5.74, 6) is 1.59. The topological polar surface area (TPSA) is 79.2 Å². The average molecular weight is 559 g/mol. The minimum atomic E-state index is -0.339. The first-order chi connectivity index (χ1) is 18.6. The number of nitrogens with zero attached hydrogens (tertiary/aromatic N) is 1. The van der Waals surface area contributed by atoms with Crippen molar-refractivity contribution in [2.45, 2.75) is 13.0 Å². The number of nitrogens with one attached hydrogen (secondary N) is 3. The highest BCUT2D eigenvalue weighted by Crippen LogP contribution is 2.36. The van der Waals surface area contributed by atoms with E-state index in [-0.39, 0.29) is 18.4 Å². The monoisotopic (exact) mass is 558 g/mol. The molecule has 0 fully saturated rings. The van der Waals surface area contributed by atoms with E-state index >= 15 is 0 Å². The summed E-state index contributed by atoms with van der Waals surface area (Å²) in [6.45, 7) is 1.44. The number of hydrogen-bond donors (Lipinski definition) is 3. The van der Waals surface area contributed by atoms with Crippen LogP contribution in [0.1, 0.15) is 11.3 Å². The van der Waals surface area contributed by atoms with Crippen LogP contribution in [0.15, 0.2) is 114 Å². The van der Waals surface area contributed by atoms with Crippen LogP contribution in [-0.4, -0.2) is 17.6 Å². The number of anilines is 2. The lowest BCUT2D eigenvalue weighted by atomic mass is 10.0. The Morgan fingerprint density at radius 1 is 0.795 bits per heavy atom. The van der Waals surface area contributed by atoms with Crippen molar-refractivity contribution in [3.05, 3.63) is 126 Å². The second-order valence-corrected chi connectivity index (χ2v) is 9.21. The number of benzene rings is 3. The molecule has 0 aliphatic carbocycles. The van der Waals surface area contributed by atoms with Gasteiger partial charge in [-0.15, -0.1) is 12.4 Å². The second kappa shape index (κ2) is 13.6. The first-order valence-corrected chi connectivity index (χ1v) is 12.7. The summed E-state index contributed by atoms with van der Waals surface area (Å²) in [5, 5.41) is 9.81. The minimum Gasteiger partial charge on any atom is -0.459 e. The molecule has 0 spiro atoms. The minimum absolute atomic E-state index is 0. The van der Waals surface area contributed by atoms with Crippen LogP contribution in [0, 0.1) is 0 Å². The van der Waals surface area contributed by atoms with Crippen LogP contribution < -0.4 is 16.0 Å².